The number of aryl methyl sites for hydroxylation is 1. The van der Waals surface area contributed by atoms with Crippen LogP contribution in [0.15, 0.2) is 55.1 Å². The van der Waals surface area contributed by atoms with Gasteiger partial charge in [-0.2, -0.15) is 13.2 Å². The predicted molar refractivity (Wildman–Crippen MR) is 90.6 cm³/mol. The first kappa shape index (κ1) is 15.9. The molecule has 0 spiro atoms. The van der Waals surface area contributed by atoms with E-state index in [0.29, 0.717) is 5.69 Å². The van der Waals surface area contributed by atoms with E-state index in [1.165, 1.54) is 23.5 Å². The molecule has 0 saturated heterocycles. The van der Waals surface area contributed by atoms with E-state index in [-0.39, 0.29) is 0 Å². The maximum Gasteiger partial charge on any atom is 0.416 e. The first-order valence-electron chi connectivity index (χ1n) is 8.35. The summed E-state index contributed by atoms with van der Waals surface area (Å²) in [5.74, 6) is 0. The smallest absolute Gasteiger partial charge is 0.306 e. The maximum absolute atomic E-state index is 13.2. The van der Waals surface area contributed by atoms with Crippen LogP contribution in [0.25, 0.3) is 16.8 Å². The van der Waals surface area contributed by atoms with E-state index in [2.05, 4.69) is 11.1 Å². The monoisotopic (exact) mass is 342 g/mol. The molecule has 0 unspecified atom stereocenters. The fourth-order valence-corrected chi connectivity index (χ4v) is 3.58. The lowest BCUT2D eigenvalue weighted by molar-refractivity contribution is -0.137. The summed E-state index contributed by atoms with van der Waals surface area (Å²) in [6.07, 6.45) is 4.69. The van der Waals surface area contributed by atoms with Gasteiger partial charge in [-0.1, -0.05) is 24.3 Å². The fraction of sp³-hybridized carbons (Fsp3) is 0.250. The Labute approximate surface area is 143 Å². The molecule has 128 valence electrons. The molecular formula is C20H17F3N2. The van der Waals surface area contributed by atoms with E-state index in [9.17, 15) is 13.2 Å². The highest BCUT2D eigenvalue weighted by Crippen LogP contribution is 2.38. The van der Waals surface area contributed by atoms with E-state index in [4.69, 9.17) is 0 Å². The molecule has 0 N–H and O–H groups in total. The summed E-state index contributed by atoms with van der Waals surface area (Å²) >= 11 is 0. The van der Waals surface area contributed by atoms with E-state index in [0.717, 1.165) is 42.9 Å². The highest BCUT2D eigenvalue weighted by Gasteiger charge is 2.31. The van der Waals surface area contributed by atoms with E-state index < -0.39 is 11.7 Å². The van der Waals surface area contributed by atoms with Crippen LogP contribution in [0.5, 0.6) is 0 Å². The summed E-state index contributed by atoms with van der Waals surface area (Å²) in [7, 11) is 0. The van der Waals surface area contributed by atoms with E-state index in [1.54, 1.807) is 23.0 Å². The molecule has 0 saturated carbocycles. The van der Waals surface area contributed by atoms with Crippen molar-refractivity contribution in [2.45, 2.75) is 31.9 Å². The highest BCUT2D eigenvalue weighted by atomic mass is 19.4. The average molecular weight is 342 g/mol. The number of imidazole rings is 1. The third-order valence-electron chi connectivity index (χ3n) is 4.79. The molecule has 1 aliphatic rings. The molecule has 4 rings (SSSR count). The van der Waals surface area contributed by atoms with Gasteiger partial charge < -0.3 is 4.57 Å². The Morgan fingerprint density at radius 2 is 1.80 bits per heavy atom. The number of nitrogens with zero attached hydrogens (tertiary/aromatic N) is 2. The second-order valence-corrected chi connectivity index (χ2v) is 6.35. The van der Waals surface area contributed by atoms with Crippen LogP contribution in [0, 0.1) is 0 Å². The van der Waals surface area contributed by atoms with Crippen molar-refractivity contribution in [3.05, 3.63) is 71.8 Å². The molecule has 1 aliphatic carbocycles. The molecular weight excluding hydrogens is 325 g/mol. The molecule has 0 aliphatic heterocycles. The number of rotatable bonds is 2. The van der Waals surface area contributed by atoms with Gasteiger partial charge in [0, 0.05) is 18.0 Å². The van der Waals surface area contributed by atoms with Crippen LogP contribution in [-0.4, -0.2) is 9.55 Å². The molecule has 2 aromatic carbocycles. The summed E-state index contributed by atoms with van der Waals surface area (Å²) in [5.41, 5.74) is 4.26. The molecule has 0 radical (unpaired) electrons. The standard InChI is InChI=1S/C20H17F3N2/c21-20(22,23)15-8-9-18(19(12-15)25-11-10-24-13-25)17-7-3-5-14-4-1-2-6-16(14)17/h3,5,7-13H,1-2,4,6H2. The molecule has 0 atom stereocenters. The Bertz CT molecular complexity index is 896. The summed E-state index contributed by atoms with van der Waals surface area (Å²) in [6.45, 7) is 0. The van der Waals surface area contributed by atoms with Gasteiger partial charge in [-0.3, -0.25) is 0 Å². The molecule has 25 heavy (non-hydrogen) atoms. The zero-order valence-corrected chi connectivity index (χ0v) is 13.6. The Morgan fingerprint density at radius 3 is 2.56 bits per heavy atom. The topological polar surface area (TPSA) is 17.8 Å². The second-order valence-electron chi connectivity index (χ2n) is 6.35. The van der Waals surface area contributed by atoms with Crippen LogP contribution < -0.4 is 0 Å². The lowest BCUT2D eigenvalue weighted by Gasteiger charge is -2.22. The zero-order chi connectivity index (χ0) is 17.4. The number of benzene rings is 2. The van der Waals surface area contributed by atoms with Gasteiger partial charge in [-0.25, -0.2) is 4.98 Å². The van der Waals surface area contributed by atoms with Crippen molar-refractivity contribution in [1.82, 2.24) is 9.55 Å². The van der Waals surface area contributed by atoms with Gasteiger partial charge in [0.2, 0.25) is 0 Å². The van der Waals surface area contributed by atoms with Gasteiger partial charge in [-0.05, 0) is 54.5 Å². The van der Waals surface area contributed by atoms with Crippen LogP contribution in [0.2, 0.25) is 0 Å². The lowest BCUT2D eigenvalue weighted by atomic mass is 9.85. The first-order valence-corrected chi connectivity index (χ1v) is 8.35. The number of alkyl halides is 3. The van der Waals surface area contributed by atoms with Gasteiger partial charge >= 0.3 is 6.18 Å². The molecule has 0 fully saturated rings. The summed E-state index contributed by atoms with van der Waals surface area (Å²) in [5, 5.41) is 0. The minimum Gasteiger partial charge on any atom is -0.306 e. The zero-order valence-electron chi connectivity index (χ0n) is 13.6. The Kier molecular flexibility index (Phi) is 3.86. The van der Waals surface area contributed by atoms with E-state index >= 15 is 0 Å². The van der Waals surface area contributed by atoms with Crippen molar-refractivity contribution >= 4 is 0 Å². The Morgan fingerprint density at radius 1 is 0.960 bits per heavy atom. The fourth-order valence-electron chi connectivity index (χ4n) is 3.58. The number of aromatic nitrogens is 2. The average Bonchev–Trinajstić information content (AvgIpc) is 3.14. The van der Waals surface area contributed by atoms with Crippen LogP contribution in [-0.2, 0) is 19.0 Å². The predicted octanol–water partition coefficient (Wildman–Crippen LogP) is 5.44. The van der Waals surface area contributed by atoms with Crippen molar-refractivity contribution in [3.63, 3.8) is 0 Å². The van der Waals surface area contributed by atoms with Crippen LogP contribution in [0.3, 0.4) is 0 Å². The minimum atomic E-state index is -4.37. The summed E-state index contributed by atoms with van der Waals surface area (Å²) in [4.78, 5) is 3.99. The molecule has 0 bridgehead atoms. The molecule has 1 heterocycles. The summed E-state index contributed by atoms with van der Waals surface area (Å²) in [6, 6.07) is 10.1. The quantitative estimate of drug-likeness (QED) is 0.607. The van der Waals surface area contributed by atoms with Gasteiger partial charge in [0.1, 0.15) is 0 Å². The number of fused-ring (bicyclic) bond motifs is 1. The minimum absolute atomic E-state index is 0.506. The normalized spacial score (nSPS) is 14.4. The molecule has 1 aromatic heterocycles. The van der Waals surface area contributed by atoms with Crippen LogP contribution in [0.4, 0.5) is 13.2 Å². The van der Waals surface area contributed by atoms with Gasteiger partial charge in [0.25, 0.3) is 0 Å². The Balaban J connectivity index is 1.94. The van der Waals surface area contributed by atoms with E-state index in [1.807, 2.05) is 12.1 Å². The third-order valence-corrected chi connectivity index (χ3v) is 4.79. The van der Waals surface area contributed by atoms with Crippen LogP contribution >= 0.6 is 0 Å². The number of hydrogen-bond acceptors (Lipinski definition) is 1. The molecule has 0 amide bonds. The van der Waals surface area contributed by atoms with Crippen molar-refractivity contribution in [1.29, 1.82) is 0 Å². The van der Waals surface area contributed by atoms with Gasteiger partial charge in [-0.15, -0.1) is 0 Å². The van der Waals surface area contributed by atoms with Gasteiger partial charge in [0.15, 0.2) is 0 Å². The molecule has 3 aromatic rings. The number of halogens is 3. The second kappa shape index (κ2) is 6.06. The molecule has 5 heteroatoms. The Hall–Kier alpha value is -2.56. The largest absolute Gasteiger partial charge is 0.416 e. The highest BCUT2D eigenvalue weighted by molar-refractivity contribution is 5.77. The van der Waals surface area contributed by atoms with Crippen molar-refractivity contribution in [2.75, 3.05) is 0 Å². The van der Waals surface area contributed by atoms with Crippen LogP contribution in [0.1, 0.15) is 29.5 Å². The summed E-state index contributed by atoms with van der Waals surface area (Å²) < 4.78 is 41.2. The van der Waals surface area contributed by atoms with Crippen molar-refractivity contribution in [2.24, 2.45) is 0 Å². The van der Waals surface area contributed by atoms with Gasteiger partial charge in [0.05, 0.1) is 17.6 Å². The van der Waals surface area contributed by atoms with Crippen molar-refractivity contribution < 1.29 is 13.2 Å². The lowest BCUT2D eigenvalue weighted by Crippen LogP contribution is -2.08. The third kappa shape index (κ3) is 2.95. The first-order chi connectivity index (χ1) is 12.0. The maximum atomic E-state index is 13.2. The number of hydrogen-bond donors (Lipinski definition) is 0. The SMILES string of the molecule is FC(F)(F)c1ccc(-c2cccc3c2CCCC3)c(-n2ccnc2)c1. The molecule has 2 nitrogen and oxygen atoms in total. The van der Waals surface area contributed by atoms with Crippen molar-refractivity contribution in [3.8, 4) is 16.8 Å².